The quantitative estimate of drug-likeness (QED) is 0.355. The molecule has 2 aromatic carbocycles. The Morgan fingerprint density at radius 3 is 2.37 bits per heavy atom. The molecule has 3 rings (SSSR count). The lowest BCUT2D eigenvalue weighted by Gasteiger charge is -2.17. The second-order valence-electron chi connectivity index (χ2n) is 7.20. The molecular weight excluding hydrogens is 398 g/mol. The van der Waals surface area contributed by atoms with Crippen LogP contribution in [-0.4, -0.2) is 34.5 Å². The Labute approximate surface area is 181 Å². The van der Waals surface area contributed by atoms with E-state index >= 15 is 0 Å². The summed E-state index contributed by atoms with van der Waals surface area (Å²) in [7, 11) is 1.64. The van der Waals surface area contributed by atoms with E-state index in [2.05, 4.69) is 28.6 Å². The SMILES string of the molecule is CCOC(=O)[C@H](Sc1nnc(-c2ccc(OC)cc2)n1CC(C)C)c1ccccc1. The normalized spacial score (nSPS) is 12.0. The molecule has 0 N–H and O–H groups in total. The summed E-state index contributed by atoms with van der Waals surface area (Å²) in [4.78, 5) is 12.7. The van der Waals surface area contributed by atoms with Gasteiger partial charge in [-0.2, -0.15) is 0 Å². The van der Waals surface area contributed by atoms with Crippen LogP contribution in [0.25, 0.3) is 11.4 Å². The number of ether oxygens (including phenoxy) is 2. The van der Waals surface area contributed by atoms with Gasteiger partial charge in [-0.1, -0.05) is 55.9 Å². The molecule has 158 valence electrons. The van der Waals surface area contributed by atoms with E-state index in [1.807, 2.05) is 61.5 Å². The predicted octanol–water partition coefficient (Wildman–Crippen LogP) is 5.01. The highest BCUT2D eigenvalue weighted by Crippen LogP contribution is 2.37. The number of thioether (sulfide) groups is 1. The molecule has 1 atom stereocenters. The van der Waals surface area contributed by atoms with Crippen LogP contribution in [0.2, 0.25) is 0 Å². The van der Waals surface area contributed by atoms with E-state index in [0.29, 0.717) is 17.7 Å². The number of aromatic nitrogens is 3. The van der Waals surface area contributed by atoms with Crippen molar-refractivity contribution in [2.24, 2.45) is 5.92 Å². The summed E-state index contributed by atoms with van der Waals surface area (Å²) in [6.45, 7) is 7.17. The van der Waals surface area contributed by atoms with Crippen molar-refractivity contribution in [3.8, 4) is 17.1 Å². The monoisotopic (exact) mass is 425 g/mol. The number of hydrogen-bond acceptors (Lipinski definition) is 6. The third-order valence-corrected chi connectivity index (χ3v) is 5.65. The Balaban J connectivity index is 1.98. The van der Waals surface area contributed by atoms with Gasteiger partial charge in [0.25, 0.3) is 0 Å². The van der Waals surface area contributed by atoms with Gasteiger partial charge >= 0.3 is 5.97 Å². The maximum absolute atomic E-state index is 12.7. The first-order chi connectivity index (χ1) is 14.5. The van der Waals surface area contributed by atoms with Gasteiger partial charge in [-0.05, 0) is 42.7 Å². The molecule has 0 saturated heterocycles. The van der Waals surface area contributed by atoms with Crippen LogP contribution in [0.5, 0.6) is 5.75 Å². The zero-order valence-corrected chi connectivity index (χ0v) is 18.6. The summed E-state index contributed by atoms with van der Waals surface area (Å²) in [5, 5.41) is 9.06. The van der Waals surface area contributed by atoms with E-state index in [-0.39, 0.29) is 5.97 Å². The molecule has 3 aromatic rings. The maximum Gasteiger partial charge on any atom is 0.324 e. The number of rotatable bonds is 9. The number of benzene rings is 2. The third-order valence-electron chi connectivity index (χ3n) is 4.44. The topological polar surface area (TPSA) is 66.2 Å². The minimum absolute atomic E-state index is 0.279. The van der Waals surface area contributed by atoms with Gasteiger partial charge in [0.1, 0.15) is 11.0 Å². The van der Waals surface area contributed by atoms with Crippen molar-refractivity contribution in [2.45, 2.75) is 37.7 Å². The fourth-order valence-electron chi connectivity index (χ4n) is 3.06. The Bertz CT molecular complexity index is 956. The Morgan fingerprint density at radius 2 is 1.77 bits per heavy atom. The van der Waals surface area contributed by atoms with Gasteiger partial charge in [-0.25, -0.2) is 0 Å². The van der Waals surface area contributed by atoms with Gasteiger partial charge in [0.2, 0.25) is 0 Å². The number of methoxy groups -OCH3 is 1. The van der Waals surface area contributed by atoms with E-state index < -0.39 is 5.25 Å². The van der Waals surface area contributed by atoms with E-state index in [4.69, 9.17) is 9.47 Å². The molecule has 0 unspecified atom stereocenters. The molecule has 7 heteroatoms. The van der Waals surface area contributed by atoms with Crippen LogP contribution in [0.15, 0.2) is 59.8 Å². The first-order valence-corrected chi connectivity index (χ1v) is 10.9. The molecule has 0 saturated carbocycles. The molecule has 0 bridgehead atoms. The fourth-order valence-corrected chi connectivity index (χ4v) is 4.11. The van der Waals surface area contributed by atoms with Crippen molar-refractivity contribution in [1.29, 1.82) is 0 Å². The summed E-state index contributed by atoms with van der Waals surface area (Å²) in [6, 6.07) is 17.4. The first-order valence-electron chi connectivity index (χ1n) is 9.99. The van der Waals surface area contributed by atoms with Gasteiger partial charge in [-0.15, -0.1) is 10.2 Å². The smallest absolute Gasteiger partial charge is 0.324 e. The summed E-state index contributed by atoms with van der Waals surface area (Å²) >= 11 is 1.37. The van der Waals surface area contributed by atoms with Crippen LogP contribution in [0, 0.1) is 5.92 Å². The van der Waals surface area contributed by atoms with Crippen LogP contribution >= 0.6 is 11.8 Å². The van der Waals surface area contributed by atoms with Crippen molar-refractivity contribution >= 4 is 17.7 Å². The number of hydrogen-bond donors (Lipinski definition) is 0. The summed E-state index contributed by atoms with van der Waals surface area (Å²) < 4.78 is 12.7. The van der Waals surface area contributed by atoms with Crippen LogP contribution in [-0.2, 0) is 16.1 Å². The highest BCUT2D eigenvalue weighted by Gasteiger charge is 2.27. The van der Waals surface area contributed by atoms with Crippen molar-refractivity contribution in [1.82, 2.24) is 14.8 Å². The molecule has 0 spiro atoms. The van der Waals surface area contributed by atoms with Crippen LogP contribution < -0.4 is 4.74 Å². The van der Waals surface area contributed by atoms with Crippen LogP contribution in [0.3, 0.4) is 0 Å². The Kier molecular flexibility index (Phi) is 7.52. The maximum atomic E-state index is 12.7. The van der Waals surface area contributed by atoms with Crippen molar-refractivity contribution in [3.05, 3.63) is 60.2 Å². The largest absolute Gasteiger partial charge is 0.497 e. The number of carbonyl (C=O) groups is 1. The molecule has 6 nitrogen and oxygen atoms in total. The van der Waals surface area contributed by atoms with E-state index in [9.17, 15) is 4.79 Å². The minimum atomic E-state index is -0.509. The average Bonchev–Trinajstić information content (AvgIpc) is 3.14. The number of esters is 1. The van der Waals surface area contributed by atoms with Crippen LogP contribution in [0.1, 0.15) is 31.6 Å². The zero-order valence-electron chi connectivity index (χ0n) is 17.7. The molecule has 0 radical (unpaired) electrons. The molecule has 0 fully saturated rings. The Hall–Kier alpha value is -2.80. The van der Waals surface area contributed by atoms with E-state index in [0.717, 1.165) is 29.2 Å². The molecule has 30 heavy (non-hydrogen) atoms. The molecule has 0 amide bonds. The lowest BCUT2D eigenvalue weighted by molar-refractivity contribution is -0.142. The molecule has 1 heterocycles. The molecule has 0 aliphatic carbocycles. The van der Waals surface area contributed by atoms with Crippen molar-refractivity contribution < 1.29 is 14.3 Å². The van der Waals surface area contributed by atoms with Gasteiger partial charge in [-0.3, -0.25) is 4.79 Å². The number of carbonyl (C=O) groups excluding carboxylic acids is 1. The van der Waals surface area contributed by atoms with E-state index in [1.54, 1.807) is 7.11 Å². The lowest BCUT2D eigenvalue weighted by atomic mass is 10.1. The summed E-state index contributed by atoms with van der Waals surface area (Å²) in [6.07, 6.45) is 0. The highest BCUT2D eigenvalue weighted by molar-refractivity contribution is 8.00. The summed E-state index contributed by atoms with van der Waals surface area (Å²) in [5.74, 6) is 1.66. The fraction of sp³-hybridized carbons (Fsp3) is 0.348. The molecule has 1 aromatic heterocycles. The highest BCUT2D eigenvalue weighted by atomic mass is 32.2. The molecular formula is C23H27N3O3S. The first kappa shape index (κ1) is 21.9. The zero-order chi connectivity index (χ0) is 21.5. The lowest BCUT2D eigenvalue weighted by Crippen LogP contribution is -2.15. The van der Waals surface area contributed by atoms with E-state index in [1.165, 1.54) is 11.8 Å². The second-order valence-corrected chi connectivity index (χ2v) is 8.27. The second kappa shape index (κ2) is 10.3. The van der Waals surface area contributed by atoms with Crippen molar-refractivity contribution in [2.75, 3.05) is 13.7 Å². The molecule has 0 aliphatic heterocycles. The van der Waals surface area contributed by atoms with Gasteiger partial charge in [0, 0.05) is 12.1 Å². The average molecular weight is 426 g/mol. The minimum Gasteiger partial charge on any atom is -0.497 e. The van der Waals surface area contributed by atoms with Crippen LogP contribution in [0.4, 0.5) is 0 Å². The number of nitrogens with zero attached hydrogens (tertiary/aromatic N) is 3. The standard InChI is InChI=1S/C23H27N3O3S/c1-5-29-22(27)20(17-9-7-6-8-10-17)30-23-25-24-21(26(23)15-16(2)3)18-11-13-19(28-4)14-12-18/h6-14,16,20H,5,15H2,1-4H3/t20-/m1/s1. The Morgan fingerprint density at radius 1 is 1.07 bits per heavy atom. The van der Waals surface area contributed by atoms with Gasteiger partial charge in [0.15, 0.2) is 11.0 Å². The summed E-state index contributed by atoms with van der Waals surface area (Å²) in [5.41, 5.74) is 1.83. The third kappa shape index (κ3) is 5.21. The molecule has 0 aliphatic rings. The van der Waals surface area contributed by atoms with Crippen molar-refractivity contribution in [3.63, 3.8) is 0 Å². The predicted molar refractivity (Wildman–Crippen MR) is 119 cm³/mol. The van der Waals surface area contributed by atoms with Gasteiger partial charge in [0.05, 0.1) is 13.7 Å². The van der Waals surface area contributed by atoms with Gasteiger partial charge < -0.3 is 14.0 Å².